The second kappa shape index (κ2) is 7.63. The van der Waals surface area contributed by atoms with Crippen LogP contribution in [0.2, 0.25) is 0 Å². The Labute approximate surface area is 91.1 Å². The minimum atomic E-state index is 0. The van der Waals surface area contributed by atoms with Crippen LogP contribution in [0.15, 0.2) is 17.1 Å². The van der Waals surface area contributed by atoms with Crippen LogP contribution in [-0.2, 0) is 0 Å². The molecule has 1 aromatic rings. The van der Waals surface area contributed by atoms with E-state index < -0.39 is 0 Å². The molecule has 7 heavy (non-hydrogen) atoms. The van der Waals surface area contributed by atoms with Gasteiger partial charge in [-0.3, -0.25) is 4.98 Å². The third-order valence-corrected chi connectivity index (χ3v) is 0.869. The summed E-state index contributed by atoms with van der Waals surface area (Å²) in [6.45, 7) is 0. The first kappa shape index (κ1) is 11.4. The zero-order chi connectivity index (χ0) is 3.54. The third kappa shape index (κ3) is 5.50. The summed E-state index contributed by atoms with van der Waals surface area (Å²) >= 11 is 1.60. The van der Waals surface area contributed by atoms with E-state index in [2.05, 4.69) is 4.98 Å². The smallest absolute Gasteiger partial charge is 0.0791 e. The first-order valence-corrected chi connectivity index (χ1v) is 2.26. The number of aromatic nitrogens is 1. The maximum absolute atomic E-state index is 3.74. The van der Waals surface area contributed by atoms with Crippen LogP contribution >= 0.6 is 11.3 Å². The van der Waals surface area contributed by atoms with E-state index in [1.165, 1.54) is 0 Å². The summed E-state index contributed by atoms with van der Waals surface area (Å²) < 4.78 is 0. The van der Waals surface area contributed by atoms with Crippen molar-refractivity contribution in [2.24, 2.45) is 0 Å². The van der Waals surface area contributed by atoms with Crippen molar-refractivity contribution >= 4 is 70.5 Å². The van der Waals surface area contributed by atoms with Crippen molar-refractivity contribution in [3.05, 3.63) is 17.1 Å². The Morgan fingerprint density at radius 2 is 2.00 bits per heavy atom. The molecule has 1 heterocycles. The molecule has 0 aromatic carbocycles. The van der Waals surface area contributed by atoms with Gasteiger partial charge in [-0.25, -0.2) is 0 Å². The summed E-state index contributed by atoms with van der Waals surface area (Å²) in [5.74, 6) is 0. The minimum Gasteiger partial charge on any atom is -0.253 e. The molecule has 0 bridgehead atoms. The molecule has 1 aromatic heterocycles. The normalized spacial score (nSPS) is 5.71. The van der Waals surface area contributed by atoms with E-state index in [1.54, 1.807) is 23.0 Å². The molecule has 0 fully saturated rings. The summed E-state index contributed by atoms with van der Waals surface area (Å²) in [5.41, 5.74) is 1.79. The summed E-state index contributed by atoms with van der Waals surface area (Å²) in [4.78, 5) is 3.74. The molecule has 0 radical (unpaired) electrons. The van der Waals surface area contributed by atoms with Crippen LogP contribution in [-0.4, -0.2) is 64.1 Å². The Hall–Kier alpha value is 1.63. The zero-order valence-corrected chi connectivity index (χ0v) is 3.40. The van der Waals surface area contributed by atoms with Gasteiger partial charge < -0.3 is 0 Å². The molecule has 0 saturated heterocycles. The number of nitrogens with zero attached hydrogens (tertiary/aromatic N) is 1. The van der Waals surface area contributed by atoms with E-state index in [-0.39, 0.29) is 59.1 Å². The SMILES string of the molecule is [NaH].[NaH].c1cscn1. The van der Waals surface area contributed by atoms with Gasteiger partial charge >= 0.3 is 59.1 Å². The van der Waals surface area contributed by atoms with Gasteiger partial charge in [0.15, 0.2) is 0 Å². The monoisotopic (exact) mass is 133 g/mol. The Balaban J connectivity index is 0. The first-order valence-electron chi connectivity index (χ1n) is 1.32. The molecule has 0 atom stereocenters. The van der Waals surface area contributed by atoms with Gasteiger partial charge in [-0.05, 0) is 0 Å². The van der Waals surface area contributed by atoms with E-state index in [1.807, 2.05) is 5.38 Å². The standard InChI is InChI=1S/C3H3NS.2Na.2H/c1-2-5-3-4-1;;;;/h1-3H;;;;. The van der Waals surface area contributed by atoms with Gasteiger partial charge in [-0.15, -0.1) is 11.3 Å². The number of hydrogen-bond acceptors (Lipinski definition) is 2. The molecule has 0 aliphatic rings. The van der Waals surface area contributed by atoms with Crippen molar-refractivity contribution in [2.75, 3.05) is 0 Å². The van der Waals surface area contributed by atoms with Crippen molar-refractivity contribution in [3.63, 3.8) is 0 Å². The maximum atomic E-state index is 3.74. The predicted molar refractivity (Wildman–Crippen MR) is 36.4 cm³/mol. The molecule has 0 N–H and O–H groups in total. The quantitative estimate of drug-likeness (QED) is 0.448. The van der Waals surface area contributed by atoms with Gasteiger partial charge in [0, 0.05) is 11.6 Å². The molecule has 0 unspecified atom stereocenters. The summed E-state index contributed by atoms with van der Waals surface area (Å²) in [5, 5.41) is 1.93. The summed E-state index contributed by atoms with van der Waals surface area (Å²) in [7, 11) is 0. The average Bonchev–Trinajstić information content (AvgIpc) is 1.76. The van der Waals surface area contributed by atoms with Crippen LogP contribution in [0.1, 0.15) is 0 Å². The van der Waals surface area contributed by atoms with Crippen molar-refractivity contribution in [1.82, 2.24) is 4.98 Å². The molecule has 1 nitrogen and oxygen atoms in total. The van der Waals surface area contributed by atoms with Gasteiger partial charge in [0.25, 0.3) is 0 Å². The van der Waals surface area contributed by atoms with Crippen molar-refractivity contribution in [3.8, 4) is 0 Å². The molecule has 0 spiro atoms. The fourth-order valence-corrected chi connectivity index (χ4v) is 0.527. The number of hydrogen-bond donors (Lipinski definition) is 0. The third-order valence-electron chi connectivity index (χ3n) is 0.347. The Morgan fingerprint density at radius 1 is 1.29 bits per heavy atom. The van der Waals surface area contributed by atoms with Gasteiger partial charge in [0.05, 0.1) is 5.51 Å². The first-order chi connectivity index (χ1) is 2.50. The molecule has 0 saturated carbocycles. The van der Waals surface area contributed by atoms with Crippen molar-refractivity contribution < 1.29 is 0 Å². The summed E-state index contributed by atoms with van der Waals surface area (Å²) in [6, 6.07) is 0. The molecule has 0 aliphatic heterocycles. The fourth-order valence-electron chi connectivity index (χ4n) is 0.176. The second-order valence-electron chi connectivity index (χ2n) is 0.676. The van der Waals surface area contributed by atoms with E-state index in [4.69, 9.17) is 0 Å². The van der Waals surface area contributed by atoms with E-state index in [0.717, 1.165) is 0 Å². The molecular formula is C3H5NNa2S. The van der Waals surface area contributed by atoms with Crippen LogP contribution in [0.4, 0.5) is 0 Å². The zero-order valence-electron chi connectivity index (χ0n) is 2.59. The van der Waals surface area contributed by atoms with Gasteiger partial charge in [0.2, 0.25) is 0 Å². The van der Waals surface area contributed by atoms with Gasteiger partial charge in [-0.2, -0.15) is 0 Å². The van der Waals surface area contributed by atoms with Crippen LogP contribution < -0.4 is 0 Å². The summed E-state index contributed by atoms with van der Waals surface area (Å²) in [6.07, 6.45) is 1.77. The van der Waals surface area contributed by atoms with Crippen LogP contribution in [0.5, 0.6) is 0 Å². The molecule has 0 aliphatic carbocycles. The van der Waals surface area contributed by atoms with E-state index in [0.29, 0.717) is 0 Å². The van der Waals surface area contributed by atoms with Crippen LogP contribution in [0.3, 0.4) is 0 Å². The minimum absolute atomic E-state index is 0. The van der Waals surface area contributed by atoms with E-state index in [9.17, 15) is 0 Å². The largest absolute Gasteiger partial charge is 0.253 e. The number of rotatable bonds is 0. The molecule has 30 valence electrons. The van der Waals surface area contributed by atoms with Gasteiger partial charge in [-0.1, -0.05) is 0 Å². The Kier molecular flexibility index (Phi) is 12.5. The molecule has 0 amide bonds. The Morgan fingerprint density at radius 3 is 2.14 bits per heavy atom. The maximum Gasteiger partial charge on any atom is 0.0791 e. The topological polar surface area (TPSA) is 12.9 Å². The van der Waals surface area contributed by atoms with E-state index >= 15 is 0 Å². The molecular weight excluding hydrogens is 128 g/mol. The molecule has 4 heteroatoms. The van der Waals surface area contributed by atoms with Crippen molar-refractivity contribution in [1.29, 1.82) is 0 Å². The fraction of sp³-hybridized carbons (Fsp3) is 0. The molecule has 1 rings (SSSR count). The van der Waals surface area contributed by atoms with Crippen molar-refractivity contribution in [2.45, 2.75) is 0 Å². The number of thiazole rings is 1. The Bertz CT molecular complexity index is 69.4. The average molecular weight is 133 g/mol. The predicted octanol–water partition coefficient (Wildman–Crippen LogP) is -0.154. The van der Waals surface area contributed by atoms with Crippen LogP contribution in [0, 0.1) is 0 Å². The second-order valence-corrected chi connectivity index (χ2v) is 1.43. The van der Waals surface area contributed by atoms with Crippen LogP contribution in [0.25, 0.3) is 0 Å². The van der Waals surface area contributed by atoms with Gasteiger partial charge in [0.1, 0.15) is 0 Å².